The third-order valence-electron chi connectivity index (χ3n) is 7.79. The van der Waals surface area contributed by atoms with Gasteiger partial charge in [-0.15, -0.1) is 6.42 Å². The molecule has 1 aliphatic carbocycles. The summed E-state index contributed by atoms with van der Waals surface area (Å²) < 4.78 is 43.1. The van der Waals surface area contributed by atoms with Crippen molar-refractivity contribution in [1.82, 2.24) is 29.1 Å². The highest BCUT2D eigenvalue weighted by Crippen LogP contribution is 2.36. The molecule has 1 aromatic carbocycles. The molecule has 1 saturated carbocycles. The Morgan fingerprint density at radius 3 is 2.42 bits per heavy atom. The second-order valence-corrected chi connectivity index (χ2v) is 11.0. The van der Waals surface area contributed by atoms with E-state index in [9.17, 15) is 27.6 Å². The quantitative estimate of drug-likeness (QED) is 0.416. The average Bonchev–Trinajstić information content (AvgIpc) is 3.73. The van der Waals surface area contributed by atoms with Gasteiger partial charge in [0.2, 0.25) is 5.91 Å². The van der Waals surface area contributed by atoms with E-state index in [0.717, 1.165) is 42.8 Å². The number of nitrogens with zero attached hydrogens (tertiary/aromatic N) is 6. The number of halogens is 4. The zero-order valence-corrected chi connectivity index (χ0v) is 24.1. The molecule has 3 aromatic rings. The van der Waals surface area contributed by atoms with Crippen LogP contribution < -0.4 is 5.32 Å². The number of carbonyl (C=O) groups excluding carboxylic acids is 3. The number of hydrogen-bond donors (Lipinski definition) is 1. The van der Waals surface area contributed by atoms with Gasteiger partial charge in [-0.3, -0.25) is 19.1 Å². The lowest BCUT2D eigenvalue weighted by molar-refractivity contribution is -0.141. The van der Waals surface area contributed by atoms with Crippen LogP contribution in [0.25, 0.3) is 11.3 Å². The van der Waals surface area contributed by atoms with E-state index >= 15 is 0 Å². The number of carbonyl (C=O) groups is 3. The third kappa shape index (κ3) is 6.24. The van der Waals surface area contributed by atoms with Crippen LogP contribution in [-0.4, -0.2) is 73.0 Å². The van der Waals surface area contributed by atoms with Crippen molar-refractivity contribution in [2.75, 3.05) is 31.5 Å². The van der Waals surface area contributed by atoms with Crippen LogP contribution in [0, 0.1) is 18.3 Å². The van der Waals surface area contributed by atoms with Gasteiger partial charge in [0, 0.05) is 51.0 Å². The molecule has 1 saturated heterocycles. The number of rotatable bonds is 6. The maximum Gasteiger partial charge on any atom is 0.435 e. The van der Waals surface area contributed by atoms with Crippen molar-refractivity contribution in [1.29, 1.82) is 0 Å². The smallest absolute Gasteiger partial charge is 0.339 e. The lowest BCUT2D eigenvalue weighted by Gasteiger charge is -2.36. The first-order chi connectivity index (χ1) is 20.5. The van der Waals surface area contributed by atoms with E-state index in [0.29, 0.717) is 26.2 Å². The van der Waals surface area contributed by atoms with E-state index in [1.54, 1.807) is 4.90 Å². The molecule has 43 heavy (non-hydrogen) atoms. The molecule has 10 nitrogen and oxygen atoms in total. The monoisotopic (exact) mass is 615 g/mol. The lowest BCUT2D eigenvalue weighted by Crippen LogP contribution is -2.51. The fourth-order valence-corrected chi connectivity index (χ4v) is 5.81. The average molecular weight is 616 g/mol. The number of nitrogens with one attached hydrogen (secondary N) is 1. The summed E-state index contributed by atoms with van der Waals surface area (Å²) in [5.41, 5.74) is -0.887. The predicted octanol–water partition coefficient (Wildman–Crippen LogP) is 4.32. The van der Waals surface area contributed by atoms with Crippen LogP contribution in [0.3, 0.4) is 0 Å². The number of hydrogen-bond acceptors (Lipinski definition) is 5. The number of alkyl halides is 3. The molecular weight excluding hydrogens is 587 g/mol. The van der Waals surface area contributed by atoms with Gasteiger partial charge in [0.15, 0.2) is 11.5 Å². The first kappa shape index (κ1) is 30.2. The lowest BCUT2D eigenvalue weighted by atomic mass is 10.1. The molecule has 0 unspecified atom stereocenters. The molecule has 14 heteroatoms. The summed E-state index contributed by atoms with van der Waals surface area (Å²) in [7, 11) is 1.41. The largest absolute Gasteiger partial charge is 0.435 e. The maximum atomic E-state index is 13.6. The van der Waals surface area contributed by atoms with Crippen LogP contribution in [0.5, 0.6) is 0 Å². The van der Waals surface area contributed by atoms with Gasteiger partial charge >= 0.3 is 6.18 Å². The Balaban J connectivity index is 1.25. The molecule has 2 aliphatic rings. The fourth-order valence-electron chi connectivity index (χ4n) is 5.55. The van der Waals surface area contributed by atoms with Crippen LogP contribution in [0.1, 0.15) is 52.4 Å². The Morgan fingerprint density at radius 2 is 1.79 bits per heavy atom. The van der Waals surface area contributed by atoms with Gasteiger partial charge in [-0.25, -0.2) is 4.98 Å². The summed E-state index contributed by atoms with van der Waals surface area (Å²) in [6.07, 6.45) is 6.78. The van der Waals surface area contributed by atoms with Gasteiger partial charge in [-0.2, -0.15) is 18.3 Å². The summed E-state index contributed by atoms with van der Waals surface area (Å²) in [6, 6.07) is 4.42. The standard InChI is InChI=1S/C29H29ClF3N7O3/c1-3-10-40-17-21(24(36-40)29(31,32)33)23-16-34-25(37(23)2)26(41)35-19-8-9-20(22(30)15-19)28(43)39-13-11-38(12-14-39)27(42)18-6-4-5-7-18/h1,8-9,15-18H,4-7,10-14H2,2H3,(H,35,41). The molecule has 3 amide bonds. The fraction of sp³-hybridized carbons (Fsp3) is 0.414. The van der Waals surface area contributed by atoms with Gasteiger partial charge in [0.1, 0.15) is 6.54 Å². The molecule has 0 atom stereocenters. The molecule has 3 heterocycles. The molecule has 0 bridgehead atoms. The highest BCUT2D eigenvalue weighted by Gasteiger charge is 2.38. The minimum atomic E-state index is -4.75. The van der Waals surface area contributed by atoms with Crippen LogP contribution in [0.2, 0.25) is 5.02 Å². The second kappa shape index (κ2) is 12.1. The van der Waals surface area contributed by atoms with Crippen molar-refractivity contribution in [3.05, 3.63) is 52.7 Å². The molecular formula is C29H29ClF3N7O3. The molecule has 0 radical (unpaired) electrons. The highest BCUT2D eigenvalue weighted by molar-refractivity contribution is 6.34. The van der Waals surface area contributed by atoms with Crippen LogP contribution in [-0.2, 0) is 24.6 Å². The topological polar surface area (TPSA) is 105 Å². The minimum absolute atomic E-state index is 0.0183. The van der Waals surface area contributed by atoms with E-state index < -0.39 is 17.8 Å². The van der Waals surface area contributed by atoms with Crippen LogP contribution in [0.4, 0.5) is 18.9 Å². The van der Waals surface area contributed by atoms with Gasteiger partial charge < -0.3 is 19.7 Å². The molecule has 2 aromatic heterocycles. The molecule has 5 rings (SSSR count). The molecule has 0 spiro atoms. The number of benzene rings is 1. The Labute approximate surface area is 250 Å². The number of aromatic nitrogens is 4. The summed E-state index contributed by atoms with van der Waals surface area (Å²) >= 11 is 6.43. The zero-order valence-electron chi connectivity index (χ0n) is 23.3. The van der Waals surface area contributed by atoms with Crippen LogP contribution in [0.15, 0.2) is 30.6 Å². The molecule has 1 N–H and O–H groups in total. The number of amides is 3. The van der Waals surface area contributed by atoms with E-state index in [1.807, 2.05) is 4.90 Å². The number of terminal acetylenes is 1. The third-order valence-corrected chi connectivity index (χ3v) is 8.10. The molecule has 2 fully saturated rings. The highest BCUT2D eigenvalue weighted by atomic mass is 35.5. The van der Waals surface area contributed by atoms with Gasteiger partial charge in [-0.1, -0.05) is 30.4 Å². The second-order valence-electron chi connectivity index (χ2n) is 10.6. The summed E-state index contributed by atoms with van der Waals surface area (Å²) in [4.78, 5) is 46.4. The predicted molar refractivity (Wildman–Crippen MR) is 152 cm³/mol. The molecule has 1 aliphatic heterocycles. The van der Waals surface area contributed by atoms with E-state index in [-0.39, 0.29) is 57.6 Å². The van der Waals surface area contributed by atoms with Crippen molar-refractivity contribution in [2.24, 2.45) is 13.0 Å². The first-order valence-electron chi connectivity index (χ1n) is 13.8. The number of anilines is 1. The Kier molecular flexibility index (Phi) is 8.50. The van der Waals surface area contributed by atoms with Gasteiger partial charge in [0.25, 0.3) is 11.8 Å². The number of piperazine rings is 1. The van der Waals surface area contributed by atoms with Gasteiger partial charge in [0.05, 0.1) is 28.0 Å². The van der Waals surface area contributed by atoms with Crippen molar-refractivity contribution in [2.45, 2.75) is 38.4 Å². The maximum absolute atomic E-state index is 13.6. The molecule has 226 valence electrons. The van der Waals surface area contributed by atoms with Crippen molar-refractivity contribution in [3.63, 3.8) is 0 Å². The summed E-state index contributed by atoms with van der Waals surface area (Å²) in [6.45, 7) is 1.56. The number of imidazole rings is 1. The van der Waals surface area contributed by atoms with Gasteiger partial charge in [-0.05, 0) is 31.0 Å². The first-order valence-corrected chi connectivity index (χ1v) is 14.1. The Bertz CT molecular complexity index is 1590. The van der Waals surface area contributed by atoms with E-state index in [4.69, 9.17) is 18.0 Å². The van der Waals surface area contributed by atoms with Crippen molar-refractivity contribution in [3.8, 4) is 23.6 Å². The minimum Gasteiger partial charge on any atom is -0.339 e. The SMILES string of the molecule is C#CCn1cc(-c2cnc(C(=O)Nc3ccc(C(=O)N4CCN(C(=O)C5CCCC5)CC4)c(Cl)c3)n2C)c(C(F)(F)F)n1. The van der Waals surface area contributed by atoms with E-state index in [1.165, 1.54) is 29.8 Å². The summed E-state index contributed by atoms with van der Waals surface area (Å²) in [5, 5.41) is 6.28. The summed E-state index contributed by atoms with van der Waals surface area (Å²) in [5.74, 6) is 1.36. The van der Waals surface area contributed by atoms with Crippen molar-refractivity contribution < 1.29 is 27.6 Å². The zero-order chi connectivity index (χ0) is 30.9. The van der Waals surface area contributed by atoms with Crippen molar-refractivity contribution >= 4 is 35.0 Å². The van der Waals surface area contributed by atoms with Crippen LogP contribution >= 0.6 is 11.6 Å². The Hall–Kier alpha value is -4.31. The Morgan fingerprint density at radius 1 is 1.12 bits per heavy atom. The van der Waals surface area contributed by atoms with E-state index in [2.05, 4.69) is 21.3 Å². The normalized spacial score (nSPS) is 15.9.